The van der Waals surface area contributed by atoms with Gasteiger partial charge in [0.1, 0.15) is 0 Å². The molecular formula is C14H21N3O3. The molecule has 110 valence electrons. The lowest BCUT2D eigenvalue weighted by molar-refractivity contribution is 0.0302. The monoisotopic (exact) mass is 279 g/mol. The Kier molecular flexibility index (Phi) is 5.76. The number of carbonyl (C=O) groups is 1. The zero-order valence-corrected chi connectivity index (χ0v) is 11.8. The first-order chi connectivity index (χ1) is 9.81. The first-order valence-electron chi connectivity index (χ1n) is 6.86. The molecule has 0 saturated carbocycles. The summed E-state index contributed by atoms with van der Waals surface area (Å²) in [5.74, 6) is 0.0151. The predicted octanol–water partition coefficient (Wildman–Crippen LogP) is 1.00. The summed E-state index contributed by atoms with van der Waals surface area (Å²) >= 11 is 0. The second kappa shape index (κ2) is 7.81. The third kappa shape index (κ3) is 4.18. The van der Waals surface area contributed by atoms with Crippen molar-refractivity contribution in [2.75, 3.05) is 51.9 Å². The average molecular weight is 279 g/mol. The third-order valence-corrected chi connectivity index (χ3v) is 3.14. The summed E-state index contributed by atoms with van der Waals surface area (Å²) in [5, 5.41) is 3.24. The van der Waals surface area contributed by atoms with E-state index in [1.54, 1.807) is 24.4 Å². The second-order valence-electron chi connectivity index (χ2n) is 4.64. The Hall–Kier alpha value is -1.66. The van der Waals surface area contributed by atoms with E-state index >= 15 is 0 Å². The number of anilines is 1. The zero-order valence-electron chi connectivity index (χ0n) is 11.8. The van der Waals surface area contributed by atoms with Crippen molar-refractivity contribution in [3.63, 3.8) is 0 Å². The minimum Gasteiger partial charge on any atom is -0.385 e. The maximum absolute atomic E-state index is 12.3. The highest BCUT2D eigenvalue weighted by atomic mass is 16.5. The number of nitrogens with zero attached hydrogens (tertiary/aromatic N) is 2. The van der Waals surface area contributed by atoms with E-state index in [0.29, 0.717) is 38.5 Å². The molecule has 6 nitrogen and oxygen atoms in total. The normalized spacial score (nSPS) is 15.2. The van der Waals surface area contributed by atoms with Gasteiger partial charge in [-0.25, -0.2) is 0 Å². The van der Waals surface area contributed by atoms with Crippen LogP contribution in [0.4, 0.5) is 5.69 Å². The van der Waals surface area contributed by atoms with E-state index < -0.39 is 0 Å². The number of aromatic nitrogens is 1. The number of pyridine rings is 1. The van der Waals surface area contributed by atoms with Gasteiger partial charge in [-0.15, -0.1) is 0 Å². The smallest absolute Gasteiger partial charge is 0.255 e. The van der Waals surface area contributed by atoms with E-state index in [1.807, 2.05) is 6.07 Å². The number of hydrogen-bond donors (Lipinski definition) is 1. The summed E-state index contributed by atoms with van der Waals surface area (Å²) < 4.78 is 10.2. The van der Waals surface area contributed by atoms with Gasteiger partial charge in [-0.2, -0.15) is 0 Å². The van der Waals surface area contributed by atoms with E-state index in [9.17, 15) is 4.79 Å². The highest BCUT2D eigenvalue weighted by Gasteiger charge is 2.18. The molecule has 0 aliphatic carbocycles. The van der Waals surface area contributed by atoms with Gasteiger partial charge in [0.2, 0.25) is 0 Å². The number of hydrogen-bond acceptors (Lipinski definition) is 5. The van der Waals surface area contributed by atoms with Crippen molar-refractivity contribution >= 4 is 11.6 Å². The number of ether oxygens (including phenoxy) is 2. The number of nitrogens with one attached hydrogen (secondary N) is 1. The summed E-state index contributed by atoms with van der Waals surface area (Å²) in [6.45, 7) is 4.01. The lowest BCUT2D eigenvalue weighted by atomic mass is 10.2. The molecule has 1 aromatic heterocycles. The Bertz CT molecular complexity index is 433. The molecule has 0 unspecified atom stereocenters. The summed E-state index contributed by atoms with van der Waals surface area (Å²) in [6, 6.07) is 1.84. The number of rotatable bonds is 6. The van der Waals surface area contributed by atoms with Gasteiger partial charge in [-0.1, -0.05) is 0 Å². The Balaban J connectivity index is 1.92. The van der Waals surface area contributed by atoms with Gasteiger partial charge in [0.15, 0.2) is 0 Å². The van der Waals surface area contributed by atoms with E-state index in [4.69, 9.17) is 9.47 Å². The van der Waals surface area contributed by atoms with Crippen LogP contribution in [-0.2, 0) is 9.47 Å². The molecule has 2 heterocycles. The average Bonchev–Trinajstić information content (AvgIpc) is 2.52. The summed E-state index contributed by atoms with van der Waals surface area (Å²) in [6.07, 6.45) is 4.25. The van der Waals surface area contributed by atoms with Crippen molar-refractivity contribution < 1.29 is 14.3 Å². The quantitative estimate of drug-likeness (QED) is 0.787. The maximum atomic E-state index is 12.3. The van der Waals surface area contributed by atoms with Crippen molar-refractivity contribution in [2.45, 2.75) is 6.42 Å². The molecule has 2 rings (SSSR count). The maximum Gasteiger partial charge on any atom is 0.255 e. The fraction of sp³-hybridized carbons (Fsp3) is 0.571. The van der Waals surface area contributed by atoms with Gasteiger partial charge in [0.25, 0.3) is 5.91 Å². The number of amides is 1. The van der Waals surface area contributed by atoms with Crippen LogP contribution in [0.2, 0.25) is 0 Å². The highest BCUT2D eigenvalue weighted by Crippen LogP contribution is 2.12. The molecule has 1 aliphatic heterocycles. The largest absolute Gasteiger partial charge is 0.385 e. The molecule has 1 aliphatic rings. The fourth-order valence-electron chi connectivity index (χ4n) is 2.05. The molecule has 0 bridgehead atoms. The van der Waals surface area contributed by atoms with Crippen molar-refractivity contribution in [1.82, 2.24) is 9.88 Å². The van der Waals surface area contributed by atoms with Crippen molar-refractivity contribution in [1.29, 1.82) is 0 Å². The summed E-state index contributed by atoms with van der Waals surface area (Å²) in [5.41, 5.74) is 1.48. The van der Waals surface area contributed by atoms with Gasteiger partial charge in [0.05, 0.1) is 24.5 Å². The number of morpholine rings is 1. The number of methoxy groups -OCH3 is 1. The molecule has 0 aromatic carbocycles. The zero-order chi connectivity index (χ0) is 14.2. The van der Waals surface area contributed by atoms with Gasteiger partial charge >= 0.3 is 0 Å². The molecule has 1 saturated heterocycles. The highest BCUT2D eigenvalue weighted by molar-refractivity contribution is 5.94. The molecule has 20 heavy (non-hydrogen) atoms. The molecule has 0 atom stereocenters. The van der Waals surface area contributed by atoms with Crippen LogP contribution < -0.4 is 5.32 Å². The molecule has 0 radical (unpaired) electrons. The number of carbonyl (C=O) groups excluding carboxylic acids is 1. The Labute approximate surface area is 119 Å². The van der Waals surface area contributed by atoms with Gasteiger partial charge < -0.3 is 19.7 Å². The SMILES string of the molecule is COCCCNc1cncc(C(=O)N2CCOCC2)c1. The van der Waals surface area contributed by atoms with Crippen LogP contribution in [0, 0.1) is 0 Å². The lowest BCUT2D eigenvalue weighted by Crippen LogP contribution is -2.40. The first-order valence-corrected chi connectivity index (χ1v) is 6.86. The van der Waals surface area contributed by atoms with Crippen molar-refractivity contribution in [2.24, 2.45) is 0 Å². The molecule has 1 fully saturated rings. The van der Waals surface area contributed by atoms with Crippen LogP contribution in [0.3, 0.4) is 0 Å². The minimum atomic E-state index is 0.0151. The van der Waals surface area contributed by atoms with Crippen LogP contribution in [0.25, 0.3) is 0 Å². The third-order valence-electron chi connectivity index (χ3n) is 3.14. The van der Waals surface area contributed by atoms with Gasteiger partial charge in [-0.05, 0) is 12.5 Å². The molecule has 1 aromatic rings. The minimum absolute atomic E-state index is 0.0151. The molecular weight excluding hydrogens is 258 g/mol. The molecule has 0 spiro atoms. The molecule has 6 heteroatoms. The topological polar surface area (TPSA) is 63.7 Å². The van der Waals surface area contributed by atoms with Gasteiger partial charge in [-0.3, -0.25) is 9.78 Å². The second-order valence-corrected chi connectivity index (χ2v) is 4.64. The Morgan fingerprint density at radius 1 is 1.45 bits per heavy atom. The van der Waals surface area contributed by atoms with E-state index in [-0.39, 0.29) is 5.91 Å². The molecule has 1 N–H and O–H groups in total. The van der Waals surface area contributed by atoms with E-state index in [2.05, 4.69) is 10.3 Å². The summed E-state index contributed by atoms with van der Waals surface area (Å²) in [4.78, 5) is 18.2. The van der Waals surface area contributed by atoms with Crippen molar-refractivity contribution in [3.8, 4) is 0 Å². The predicted molar refractivity (Wildman–Crippen MR) is 75.9 cm³/mol. The standard InChI is InChI=1S/C14H21N3O3/c1-19-6-2-3-16-13-9-12(10-15-11-13)14(18)17-4-7-20-8-5-17/h9-11,16H,2-8H2,1H3. The van der Waals surface area contributed by atoms with Gasteiger partial charge in [0, 0.05) is 45.7 Å². The van der Waals surface area contributed by atoms with Crippen LogP contribution in [0.5, 0.6) is 0 Å². The summed E-state index contributed by atoms with van der Waals surface area (Å²) in [7, 11) is 1.68. The van der Waals surface area contributed by atoms with E-state index in [0.717, 1.165) is 18.7 Å². The lowest BCUT2D eigenvalue weighted by Gasteiger charge is -2.26. The Morgan fingerprint density at radius 2 is 2.25 bits per heavy atom. The van der Waals surface area contributed by atoms with Crippen LogP contribution >= 0.6 is 0 Å². The van der Waals surface area contributed by atoms with Crippen molar-refractivity contribution in [3.05, 3.63) is 24.0 Å². The molecule has 1 amide bonds. The Morgan fingerprint density at radius 3 is 3.00 bits per heavy atom. The van der Waals surface area contributed by atoms with Crippen LogP contribution in [-0.4, -0.2) is 62.4 Å². The van der Waals surface area contributed by atoms with E-state index in [1.165, 1.54) is 0 Å². The first kappa shape index (κ1) is 14.7. The fourth-order valence-corrected chi connectivity index (χ4v) is 2.05. The van der Waals surface area contributed by atoms with Crippen LogP contribution in [0.1, 0.15) is 16.8 Å². The van der Waals surface area contributed by atoms with Crippen LogP contribution in [0.15, 0.2) is 18.5 Å².